The molecule has 8 heteroatoms. The van der Waals surface area contributed by atoms with Crippen LogP contribution in [0.15, 0.2) is 91.3 Å². The minimum Gasteiger partial charge on any atom is -0.491 e. The SMILES string of the molecule is CCCCc1nc2c(C)ccc(OCCCn3cnc4ccccc43)c2n1Cc1ccc(-c2ccccc2OC(=O)O)cc1. The van der Waals surface area contributed by atoms with E-state index in [0.717, 1.165) is 88.1 Å². The zero-order valence-corrected chi connectivity index (χ0v) is 25.1. The van der Waals surface area contributed by atoms with Crippen molar-refractivity contribution in [1.82, 2.24) is 19.1 Å². The summed E-state index contributed by atoms with van der Waals surface area (Å²) in [6.45, 7) is 6.34. The lowest BCUT2D eigenvalue weighted by Crippen LogP contribution is -2.08. The standard InChI is InChI=1S/C36H36N4O4/c1-3-4-14-33-38-34-25(2)15-20-32(43-22-9-21-39-24-37-29-11-6-7-12-30(29)39)35(34)40(33)23-26-16-18-27(19-17-26)28-10-5-8-13-31(28)44-36(41)42/h5-8,10-13,15-20,24H,3-4,9,14,21-23H2,1-2H3,(H,41,42). The summed E-state index contributed by atoms with van der Waals surface area (Å²) in [5.41, 5.74) is 7.99. The van der Waals surface area contributed by atoms with E-state index in [9.17, 15) is 4.79 Å². The van der Waals surface area contributed by atoms with Crippen LogP contribution < -0.4 is 9.47 Å². The molecule has 0 aliphatic heterocycles. The van der Waals surface area contributed by atoms with Crippen LogP contribution in [0.5, 0.6) is 11.5 Å². The van der Waals surface area contributed by atoms with Gasteiger partial charge >= 0.3 is 6.16 Å². The fourth-order valence-electron chi connectivity index (χ4n) is 5.66. The molecular weight excluding hydrogens is 552 g/mol. The molecular formula is C36H36N4O4. The van der Waals surface area contributed by atoms with Crippen LogP contribution in [0.4, 0.5) is 4.79 Å². The van der Waals surface area contributed by atoms with Crippen molar-refractivity contribution in [3.05, 3.63) is 108 Å². The minimum atomic E-state index is -1.33. The van der Waals surface area contributed by atoms with E-state index in [1.807, 2.05) is 48.8 Å². The molecule has 6 rings (SSSR count). The highest BCUT2D eigenvalue weighted by molar-refractivity contribution is 5.86. The number of hydrogen-bond donors (Lipinski definition) is 1. The van der Waals surface area contributed by atoms with E-state index >= 15 is 0 Å². The summed E-state index contributed by atoms with van der Waals surface area (Å²) in [7, 11) is 0. The Morgan fingerprint density at radius 3 is 2.52 bits per heavy atom. The molecule has 224 valence electrons. The van der Waals surface area contributed by atoms with Crippen molar-refractivity contribution in [2.75, 3.05) is 6.61 Å². The highest BCUT2D eigenvalue weighted by Gasteiger charge is 2.18. The number of aromatic nitrogens is 4. The van der Waals surface area contributed by atoms with Crippen molar-refractivity contribution in [3.63, 3.8) is 0 Å². The predicted molar refractivity (Wildman–Crippen MR) is 173 cm³/mol. The highest BCUT2D eigenvalue weighted by atomic mass is 16.7. The first-order chi connectivity index (χ1) is 21.5. The van der Waals surface area contributed by atoms with Crippen LogP contribution in [0, 0.1) is 6.92 Å². The van der Waals surface area contributed by atoms with Gasteiger partial charge in [-0.25, -0.2) is 14.8 Å². The van der Waals surface area contributed by atoms with Crippen molar-refractivity contribution >= 4 is 28.2 Å². The van der Waals surface area contributed by atoms with Gasteiger partial charge in [-0.05, 0) is 60.7 Å². The molecule has 0 atom stereocenters. The second-order valence-corrected chi connectivity index (χ2v) is 11.0. The van der Waals surface area contributed by atoms with E-state index in [0.29, 0.717) is 18.9 Å². The zero-order chi connectivity index (χ0) is 30.5. The number of fused-ring (bicyclic) bond motifs is 2. The molecule has 0 saturated carbocycles. The molecule has 6 aromatic rings. The van der Waals surface area contributed by atoms with Crippen LogP contribution in [0.2, 0.25) is 0 Å². The molecule has 8 nitrogen and oxygen atoms in total. The second-order valence-electron chi connectivity index (χ2n) is 11.0. The van der Waals surface area contributed by atoms with Gasteiger partial charge in [0.2, 0.25) is 0 Å². The topological polar surface area (TPSA) is 91.4 Å². The molecule has 44 heavy (non-hydrogen) atoms. The Morgan fingerprint density at radius 1 is 0.909 bits per heavy atom. The highest BCUT2D eigenvalue weighted by Crippen LogP contribution is 2.33. The minimum absolute atomic E-state index is 0.314. The van der Waals surface area contributed by atoms with Gasteiger partial charge < -0.3 is 23.7 Å². The molecule has 2 heterocycles. The van der Waals surface area contributed by atoms with Gasteiger partial charge in [0, 0.05) is 25.1 Å². The third-order valence-electron chi connectivity index (χ3n) is 7.91. The lowest BCUT2D eigenvalue weighted by molar-refractivity contribution is 0.144. The van der Waals surface area contributed by atoms with Crippen LogP contribution in [0.25, 0.3) is 33.2 Å². The maximum absolute atomic E-state index is 11.2. The number of aryl methyl sites for hydroxylation is 3. The van der Waals surface area contributed by atoms with Gasteiger partial charge in [-0.15, -0.1) is 0 Å². The van der Waals surface area contributed by atoms with E-state index in [2.05, 4.69) is 58.3 Å². The summed E-state index contributed by atoms with van der Waals surface area (Å²) in [4.78, 5) is 20.8. The molecule has 4 aromatic carbocycles. The number of hydrogen-bond acceptors (Lipinski definition) is 5. The first-order valence-corrected chi connectivity index (χ1v) is 15.1. The number of carbonyl (C=O) groups is 1. The molecule has 0 radical (unpaired) electrons. The Kier molecular flexibility index (Phi) is 8.59. The summed E-state index contributed by atoms with van der Waals surface area (Å²) in [6.07, 6.45) is 4.44. The van der Waals surface area contributed by atoms with Gasteiger partial charge in [-0.2, -0.15) is 0 Å². The fraction of sp³-hybridized carbons (Fsp3) is 0.250. The van der Waals surface area contributed by atoms with Crippen LogP contribution in [-0.2, 0) is 19.5 Å². The van der Waals surface area contributed by atoms with Crippen LogP contribution in [-0.4, -0.2) is 37.0 Å². The van der Waals surface area contributed by atoms with Crippen molar-refractivity contribution in [3.8, 4) is 22.6 Å². The third-order valence-corrected chi connectivity index (χ3v) is 7.91. The third kappa shape index (κ3) is 6.15. The molecule has 0 spiro atoms. The normalized spacial score (nSPS) is 11.3. The van der Waals surface area contributed by atoms with Crippen LogP contribution in [0.3, 0.4) is 0 Å². The molecule has 1 N–H and O–H groups in total. The monoisotopic (exact) mass is 588 g/mol. The molecule has 0 amide bonds. The summed E-state index contributed by atoms with van der Waals surface area (Å²) < 4.78 is 15.9. The number of carboxylic acid groups (broad SMARTS) is 1. The quantitative estimate of drug-likeness (QED) is 0.0879. The van der Waals surface area contributed by atoms with Crippen molar-refractivity contribution in [2.24, 2.45) is 0 Å². The molecule has 0 aliphatic carbocycles. The fourth-order valence-corrected chi connectivity index (χ4v) is 5.66. The lowest BCUT2D eigenvalue weighted by Gasteiger charge is -2.14. The van der Waals surface area contributed by atoms with E-state index < -0.39 is 6.16 Å². The van der Waals surface area contributed by atoms with E-state index in [4.69, 9.17) is 19.6 Å². The summed E-state index contributed by atoms with van der Waals surface area (Å²) >= 11 is 0. The van der Waals surface area contributed by atoms with Crippen molar-refractivity contribution in [2.45, 2.75) is 52.6 Å². The van der Waals surface area contributed by atoms with E-state index in [1.165, 1.54) is 0 Å². The summed E-state index contributed by atoms with van der Waals surface area (Å²) in [6, 6.07) is 27.7. The first-order valence-electron chi connectivity index (χ1n) is 15.1. The van der Waals surface area contributed by atoms with Gasteiger partial charge in [0.05, 0.1) is 29.5 Å². The number of rotatable bonds is 12. The van der Waals surface area contributed by atoms with Crippen molar-refractivity contribution in [1.29, 1.82) is 0 Å². The Labute approximate surface area is 256 Å². The molecule has 0 aliphatic rings. The van der Waals surface area contributed by atoms with Crippen LogP contribution >= 0.6 is 0 Å². The summed E-state index contributed by atoms with van der Waals surface area (Å²) in [5.74, 6) is 2.21. The molecule has 0 saturated heterocycles. The van der Waals surface area contributed by atoms with E-state index in [-0.39, 0.29) is 0 Å². The maximum Gasteiger partial charge on any atom is 0.511 e. The molecule has 2 aromatic heterocycles. The molecule has 0 bridgehead atoms. The summed E-state index contributed by atoms with van der Waals surface area (Å²) in [5, 5.41) is 9.15. The smallest absolute Gasteiger partial charge is 0.491 e. The Hall–Kier alpha value is -5.11. The Bertz CT molecular complexity index is 1910. The van der Waals surface area contributed by atoms with Gasteiger partial charge in [-0.1, -0.05) is 74.0 Å². The number of imidazole rings is 2. The lowest BCUT2D eigenvalue weighted by atomic mass is 10.0. The number of para-hydroxylation sites is 3. The number of ether oxygens (including phenoxy) is 2. The zero-order valence-electron chi connectivity index (χ0n) is 25.1. The number of unbranched alkanes of at least 4 members (excludes halogenated alkanes) is 1. The van der Waals surface area contributed by atoms with E-state index in [1.54, 1.807) is 12.1 Å². The number of nitrogens with zero attached hydrogens (tertiary/aromatic N) is 4. The van der Waals surface area contributed by atoms with Gasteiger partial charge in [-0.3, -0.25) is 0 Å². The average Bonchev–Trinajstić information content (AvgIpc) is 3.62. The largest absolute Gasteiger partial charge is 0.511 e. The van der Waals surface area contributed by atoms with Gasteiger partial charge in [0.1, 0.15) is 22.8 Å². The average molecular weight is 589 g/mol. The Morgan fingerprint density at radius 2 is 1.70 bits per heavy atom. The van der Waals surface area contributed by atoms with Gasteiger partial charge in [0.25, 0.3) is 0 Å². The number of benzene rings is 4. The van der Waals surface area contributed by atoms with Crippen LogP contribution in [0.1, 0.15) is 43.1 Å². The van der Waals surface area contributed by atoms with Gasteiger partial charge in [0.15, 0.2) is 0 Å². The van der Waals surface area contributed by atoms with Crippen molar-refractivity contribution < 1.29 is 19.4 Å². The first kappa shape index (κ1) is 29.0. The molecule has 0 unspecified atom stereocenters. The predicted octanol–water partition coefficient (Wildman–Crippen LogP) is 8.28. The Balaban J connectivity index is 1.26. The molecule has 0 fully saturated rings. The second kappa shape index (κ2) is 13.0. The maximum atomic E-state index is 11.2.